The molecule has 0 aliphatic rings. The summed E-state index contributed by atoms with van der Waals surface area (Å²) in [4.78, 5) is 11.3. The Morgan fingerprint density at radius 1 is 1.31 bits per heavy atom. The van der Waals surface area contributed by atoms with Gasteiger partial charge < -0.3 is 9.84 Å². The summed E-state index contributed by atoms with van der Waals surface area (Å²) in [5, 5.41) is 9.15. The van der Waals surface area contributed by atoms with Gasteiger partial charge in [-0.25, -0.2) is 4.79 Å². The second-order valence-corrected chi connectivity index (χ2v) is 3.63. The van der Waals surface area contributed by atoms with E-state index < -0.39 is 18.2 Å². The minimum atomic E-state index is -0.658. The summed E-state index contributed by atoms with van der Waals surface area (Å²) < 4.78 is 4.96. The largest absolute Gasteiger partial charge is 0.457 e. The minimum absolute atomic E-state index is 0.447. The summed E-state index contributed by atoms with van der Waals surface area (Å²) in [6, 6.07) is 9.47. The first-order chi connectivity index (χ1) is 7.59. The zero-order valence-corrected chi connectivity index (χ0v) is 9.46. The number of ether oxygens (including phenoxy) is 1. The van der Waals surface area contributed by atoms with E-state index in [1.165, 1.54) is 6.08 Å². The minimum Gasteiger partial charge on any atom is -0.457 e. The first kappa shape index (κ1) is 12.5. The highest BCUT2D eigenvalue weighted by molar-refractivity contribution is 5.87. The Bertz CT molecular complexity index is 355. The number of carbonyl (C=O) groups excluding carboxylic acids is 1. The lowest BCUT2D eigenvalue weighted by Gasteiger charge is -2.13. The Kier molecular flexibility index (Phi) is 4.73. The molecule has 0 spiro atoms. The molecule has 0 unspecified atom stereocenters. The maximum atomic E-state index is 11.3. The van der Waals surface area contributed by atoms with Crippen LogP contribution in [0, 0.1) is 0 Å². The SMILES string of the molecule is C[C@H](O)[C@H](C)OC(=O)/C=C/c1ccccc1. The van der Waals surface area contributed by atoms with Crippen LogP contribution >= 0.6 is 0 Å². The van der Waals surface area contributed by atoms with Crippen LogP contribution in [0.2, 0.25) is 0 Å². The zero-order valence-electron chi connectivity index (χ0n) is 9.46. The molecular weight excluding hydrogens is 204 g/mol. The highest BCUT2D eigenvalue weighted by Crippen LogP contribution is 2.03. The molecule has 0 saturated heterocycles. The van der Waals surface area contributed by atoms with E-state index in [1.54, 1.807) is 19.9 Å². The van der Waals surface area contributed by atoms with Gasteiger partial charge in [-0.2, -0.15) is 0 Å². The molecule has 1 aromatic carbocycles. The average Bonchev–Trinajstić information content (AvgIpc) is 2.27. The molecule has 0 fully saturated rings. The maximum absolute atomic E-state index is 11.3. The fraction of sp³-hybridized carbons (Fsp3) is 0.308. The number of esters is 1. The van der Waals surface area contributed by atoms with Crippen molar-refractivity contribution in [2.24, 2.45) is 0 Å². The molecule has 1 N–H and O–H groups in total. The van der Waals surface area contributed by atoms with Crippen LogP contribution in [0.25, 0.3) is 6.08 Å². The van der Waals surface area contributed by atoms with Crippen molar-refractivity contribution < 1.29 is 14.6 Å². The van der Waals surface area contributed by atoms with Gasteiger partial charge in [0.15, 0.2) is 0 Å². The molecule has 0 heterocycles. The lowest BCUT2D eigenvalue weighted by Crippen LogP contribution is -2.24. The predicted molar refractivity (Wildman–Crippen MR) is 62.7 cm³/mol. The molecule has 0 saturated carbocycles. The molecule has 3 nitrogen and oxygen atoms in total. The Hall–Kier alpha value is -1.61. The monoisotopic (exact) mass is 220 g/mol. The van der Waals surface area contributed by atoms with E-state index in [9.17, 15) is 4.79 Å². The molecule has 1 aromatic rings. The topological polar surface area (TPSA) is 46.5 Å². The molecule has 16 heavy (non-hydrogen) atoms. The molecule has 1 rings (SSSR count). The van der Waals surface area contributed by atoms with Gasteiger partial charge in [-0.05, 0) is 25.5 Å². The van der Waals surface area contributed by atoms with Crippen LogP contribution in [0.15, 0.2) is 36.4 Å². The molecule has 86 valence electrons. The van der Waals surface area contributed by atoms with Gasteiger partial charge in [0.25, 0.3) is 0 Å². The van der Waals surface area contributed by atoms with Crippen LogP contribution in [0.4, 0.5) is 0 Å². The van der Waals surface area contributed by atoms with E-state index in [4.69, 9.17) is 9.84 Å². The third kappa shape index (κ3) is 4.28. The van der Waals surface area contributed by atoms with E-state index in [0.29, 0.717) is 0 Å². The smallest absolute Gasteiger partial charge is 0.331 e. The number of carbonyl (C=O) groups is 1. The summed E-state index contributed by atoms with van der Waals surface area (Å²) in [5.74, 6) is -0.447. The van der Waals surface area contributed by atoms with E-state index >= 15 is 0 Å². The summed E-state index contributed by atoms with van der Waals surface area (Å²) >= 11 is 0. The van der Waals surface area contributed by atoms with Gasteiger partial charge in [-0.15, -0.1) is 0 Å². The van der Waals surface area contributed by atoms with Crippen molar-refractivity contribution in [1.82, 2.24) is 0 Å². The van der Waals surface area contributed by atoms with Crippen molar-refractivity contribution in [2.75, 3.05) is 0 Å². The zero-order chi connectivity index (χ0) is 12.0. The third-order valence-electron chi connectivity index (χ3n) is 2.19. The van der Waals surface area contributed by atoms with Crippen molar-refractivity contribution >= 4 is 12.0 Å². The van der Waals surface area contributed by atoms with Gasteiger partial charge in [0.1, 0.15) is 6.10 Å². The quantitative estimate of drug-likeness (QED) is 0.623. The molecule has 0 aliphatic carbocycles. The fourth-order valence-electron chi connectivity index (χ4n) is 1.05. The Morgan fingerprint density at radius 3 is 2.50 bits per heavy atom. The van der Waals surface area contributed by atoms with E-state index in [0.717, 1.165) is 5.56 Å². The molecule has 0 aliphatic heterocycles. The van der Waals surface area contributed by atoms with Crippen LogP contribution in [0.1, 0.15) is 19.4 Å². The van der Waals surface area contributed by atoms with Gasteiger partial charge in [0, 0.05) is 6.08 Å². The van der Waals surface area contributed by atoms with E-state index in [1.807, 2.05) is 30.3 Å². The summed E-state index contributed by atoms with van der Waals surface area (Å²) in [5.41, 5.74) is 0.934. The summed E-state index contributed by atoms with van der Waals surface area (Å²) in [6.07, 6.45) is 1.88. The van der Waals surface area contributed by atoms with Crippen molar-refractivity contribution in [3.8, 4) is 0 Å². The fourth-order valence-corrected chi connectivity index (χ4v) is 1.05. The molecule has 2 atom stereocenters. The lowest BCUT2D eigenvalue weighted by atomic mass is 10.2. The number of aliphatic hydroxyl groups is 1. The number of rotatable bonds is 4. The normalized spacial score (nSPS) is 14.7. The van der Waals surface area contributed by atoms with Crippen molar-refractivity contribution in [3.05, 3.63) is 42.0 Å². The predicted octanol–water partition coefficient (Wildman–Crippen LogP) is 2.01. The van der Waals surface area contributed by atoms with Gasteiger partial charge in [-0.3, -0.25) is 0 Å². The third-order valence-corrected chi connectivity index (χ3v) is 2.19. The molecule has 0 bridgehead atoms. The van der Waals surface area contributed by atoms with E-state index in [-0.39, 0.29) is 0 Å². The van der Waals surface area contributed by atoms with Crippen LogP contribution < -0.4 is 0 Å². The van der Waals surface area contributed by atoms with Crippen molar-refractivity contribution in [2.45, 2.75) is 26.1 Å². The van der Waals surface area contributed by atoms with Crippen molar-refractivity contribution in [3.63, 3.8) is 0 Å². The van der Waals surface area contributed by atoms with Crippen molar-refractivity contribution in [1.29, 1.82) is 0 Å². The number of benzene rings is 1. The maximum Gasteiger partial charge on any atom is 0.331 e. The molecule has 0 radical (unpaired) electrons. The molecule has 3 heteroatoms. The second-order valence-electron chi connectivity index (χ2n) is 3.63. The lowest BCUT2D eigenvalue weighted by molar-refractivity contribution is -0.146. The average molecular weight is 220 g/mol. The van der Waals surface area contributed by atoms with Gasteiger partial charge in [0.2, 0.25) is 0 Å². The number of aliphatic hydroxyl groups excluding tert-OH is 1. The van der Waals surface area contributed by atoms with Crippen LogP contribution in [-0.4, -0.2) is 23.3 Å². The molecule has 0 amide bonds. The second kappa shape index (κ2) is 6.08. The van der Waals surface area contributed by atoms with Gasteiger partial charge in [-0.1, -0.05) is 30.3 Å². The summed E-state index contributed by atoms with van der Waals surface area (Å²) in [7, 11) is 0. The highest BCUT2D eigenvalue weighted by Gasteiger charge is 2.11. The standard InChI is InChI=1S/C13H16O3/c1-10(14)11(2)16-13(15)9-8-12-6-4-3-5-7-12/h3-11,14H,1-2H3/b9-8+/t10-,11-/m0/s1. The molecular formula is C13H16O3. The van der Waals surface area contributed by atoms with Gasteiger partial charge >= 0.3 is 5.97 Å². The number of hydrogen-bond donors (Lipinski definition) is 1. The van der Waals surface area contributed by atoms with Crippen LogP contribution in [-0.2, 0) is 9.53 Å². The Morgan fingerprint density at radius 2 is 1.94 bits per heavy atom. The number of hydrogen-bond acceptors (Lipinski definition) is 3. The van der Waals surface area contributed by atoms with Crippen LogP contribution in [0.3, 0.4) is 0 Å². The van der Waals surface area contributed by atoms with Crippen LogP contribution in [0.5, 0.6) is 0 Å². The first-order valence-corrected chi connectivity index (χ1v) is 5.21. The van der Waals surface area contributed by atoms with E-state index in [2.05, 4.69) is 0 Å². The van der Waals surface area contributed by atoms with Gasteiger partial charge in [0.05, 0.1) is 6.10 Å². The Labute approximate surface area is 95.4 Å². The Balaban J connectivity index is 2.49. The first-order valence-electron chi connectivity index (χ1n) is 5.21. The molecule has 0 aromatic heterocycles. The highest BCUT2D eigenvalue weighted by atomic mass is 16.6. The summed E-state index contributed by atoms with van der Waals surface area (Å²) in [6.45, 7) is 3.23.